The van der Waals surface area contributed by atoms with Crippen molar-refractivity contribution in [3.05, 3.63) is 23.7 Å². The number of hydrazine groups is 1. The van der Waals surface area contributed by atoms with E-state index in [1.807, 2.05) is 25.8 Å². The molecule has 4 rings (SSSR count). The number of nitrogens with one attached hydrogen (secondary N) is 1. The van der Waals surface area contributed by atoms with Crippen LogP contribution >= 0.6 is 0 Å². The number of nitrogens with zero attached hydrogens (tertiary/aromatic N) is 6. The molecule has 0 fully saturated rings. The lowest BCUT2D eigenvalue weighted by Crippen LogP contribution is -2.41. The van der Waals surface area contributed by atoms with Crippen molar-refractivity contribution >= 4 is 23.1 Å². The fourth-order valence-electron chi connectivity index (χ4n) is 3.43. The maximum absolute atomic E-state index is 12.8. The molecule has 0 bridgehead atoms. The molecule has 0 saturated heterocycles. The molecule has 0 aromatic carbocycles. The summed E-state index contributed by atoms with van der Waals surface area (Å²) in [5.41, 5.74) is 5.54. The van der Waals surface area contributed by atoms with Crippen LogP contribution in [0.4, 0.5) is 19.4 Å². The van der Waals surface area contributed by atoms with Crippen LogP contribution in [0.5, 0.6) is 0 Å². The van der Waals surface area contributed by atoms with E-state index >= 15 is 0 Å². The van der Waals surface area contributed by atoms with Crippen LogP contribution in [0.1, 0.15) is 27.2 Å². The molecular formula is C18H23F2N7O2. The molecular weight excluding hydrogens is 384 g/mol. The topological polar surface area (TPSA) is 88.4 Å². The normalized spacial score (nSPS) is 17.4. The summed E-state index contributed by atoms with van der Waals surface area (Å²) in [6, 6.07) is 0. The van der Waals surface area contributed by atoms with Gasteiger partial charge in [-0.1, -0.05) is 0 Å². The van der Waals surface area contributed by atoms with Gasteiger partial charge < -0.3 is 9.64 Å². The zero-order valence-corrected chi connectivity index (χ0v) is 16.5. The quantitative estimate of drug-likeness (QED) is 0.835. The first-order chi connectivity index (χ1) is 13.7. The Kier molecular flexibility index (Phi) is 4.85. The second-order valence-electron chi connectivity index (χ2n) is 8.03. The van der Waals surface area contributed by atoms with Gasteiger partial charge in [-0.15, -0.1) is 0 Å². The summed E-state index contributed by atoms with van der Waals surface area (Å²) in [6.07, 6.45) is 0.771. The number of ether oxygens (including phenoxy) is 1. The Balaban J connectivity index is 1.55. The third-order valence-electron chi connectivity index (χ3n) is 4.65. The number of carbonyl (C=O) groups excluding carboxylic acids is 1. The highest BCUT2D eigenvalue weighted by molar-refractivity contribution is 5.72. The van der Waals surface area contributed by atoms with E-state index in [-0.39, 0.29) is 6.09 Å². The molecule has 0 atom stereocenters. The smallest absolute Gasteiger partial charge is 0.410 e. The minimum absolute atomic E-state index is 0.310. The van der Waals surface area contributed by atoms with Gasteiger partial charge in [0.1, 0.15) is 17.7 Å². The van der Waals surface area contributed by atoms with Crippen LogP contribution in [0.3, 0.4) is 0 Å². The number of aromatic nitrogens is 4. The molecule has 0 unspecified atom stereocenters. The maximum atomic E-state index is 12.8. The molecule has 1 amide bonds. The molecule has 2 aromatic heterocycles. The number of hydrogen-bond acceptors (Lipinski definition) is 7. The first-order valence-corrected chi connectivity index (χ1v) is 9.40. The van der Waals surface area contributed by atoms with E-state index in [0.29, 0.717) is 43.0 Å². The Morgan fingerprint density at radius 1 is 1.34 bits per heavy atom. The molecule has 0 spiro atoms. The number of carbonyl (C=O) groups is 1. The standard InChI is InChI=1S/C18H23F2N7O2/c1-18(2,3)29-17(28)25-5-4-13-11(9-25)6-23-27(13)15-8-21-12-7-22-26(10-14(19)20)16(12)24-15/h7-8,14,23H,4-6,9-10H2,1-3H3. The van der Waals surface area contributed by atoms with Gasteiger partial charge in [-0.2, -0.15) is 5.10 Å². The van der Waals surface area contributed by atoms with E-state index in [9.17, 15) is 13.6 Å². The van der Waals surface area contributed by atoms with Crippen molar-refractivity contribution in [2.45, 2.75) is 45.8 Å². The summed E-state index contributed by atoms with van der Waals surface area (Å²) >= 11 is 0. The molecule has 2 aromatic rings. The molecule has 9 nitrogen and oxygen atoms in total. The summed E-state index contributed by atoms with van der Waals surface area (Å²) in [5.74, 6) is 0.504. The van der Waals surface area contributed by atoms with E-state index in [1.54, 1.807) is 11.1 Å². The Hall–Kier alpha value is -2.82. The summed E-state index contributed by atoms with van der Waals surface area (Å²) in [5, 5.41) is 5.76. The van der Waals surface area contributed by atoms with Crippen LogP contribution in [-0.2, 0) is 11.3 Å². The summed E-state index contributed by atoms with van der Waals surface area (Å²) in [4.78, 5) is 22.8. The molecule has 0 saturated carbocycles. The number of halogens is 2. The van der Waals surface area contributed by atoms with Crippen molar-refractivity contribution in [1.82, 2.24) is 30.1 Å². The highest BCUT2D eigenvalue weighted by Gasteiger charge is 2.33. The van der Waals surface area contributed by atoms with Gasteiger partial charge in [-0.3, -0.25) is 5.01 Å². The Labute approximate surface area is 166 Å². The predicted octanol–water partition coefficient (Wildman–Crippen LogP) is 2.31. The molecule has 2 aliphatic rings. The second kappa shape index (κ2) is 7.21. The van der Waals surface area contributed by atoms with E-state index in [1.165, 1.54) is 6.20 Å². The highest BCUT2D eigenvalue weighted by atomic mass is 19.3. The number of rotatable bonds is 3. The van der Waals surface area contributed by atoms with Crippen molar-refractivity contribution < 1.29 is 18.3 Å². The van der Waals surface area contributed by atoms with Crippen molar-refractivity contribution in [1.29, 1.82) is 0 Å². The van der Waals surface area contributed by atoms with Gasteiger partial charge in [0.2, 0.25) is 0 Å². The van der Waals surface area contributed by atoms with Crippen molar-refractivity contribution in [2.75, 3.05) is 24.6 Å². The van der Waals surface area contributed by atoms with Crippen LogP contribution in [0, 0.1) is 0 Å². The summed E-state index contributed by atoms with van der Waals surface area (Å²) in [7, 11) is 0. The largest absolute Gasteiger partial charge is 0.444 e. The highest BCUT2D eigenvalue weighted by Crippen LogP contribution is 2.29. The average Bonchev–Trinajstić information content (AvgIpc) is 3.23. The van der Waals surface area contributed by atoms with Crippen LogP contribution in [0.15, 0.2) is 23.7 Å². The average molecular weight is 407 g/mol. The lowest BCUT2D eigenvalue weighted by atomic mass is 10.1. The maximum Gasteiger partial charge on any atom is 0.410 e. The Bertz CT molecular complexity index is 967. The van der Waals surface area contributed by atoms with Crippen molar-refractivity contribution in [2.24, 2.45) is 0 Å². The fourth-order valence-corrected chi connectivity index (χ4v) is 3.43. The lowest BCUT2D eigenvalue weighted by Gasteiger charge is -2.31. The predicted molar refractivity (Wildman–Crippen MR) is 101 cm³/mol. The van der Waals surface area contributed by atoms with Gasteiger partial charge >= 0.3 is 6.09 Å². The van der Waals surface area contributed by atoms with E-state index < -0.39 is 18.6 Å². The number of hydrogen-bond donors (Lipinski definition) is 1. The van der Waals surface area contributed by atoms with Crippen LogP contribution in [-0.4, -0.2) is 62.4 Å². The number of anilines is 1. The molecule has 2 aliphatic heterocycles. The zero-order chi connectivity index (χ0) is 20.8. The minimum atomic E-state index is -2.53. The van der Waals surface area contributed by atoms with Crippen molar-refractivity contribution in [3.63, 3.8) is 0 Å². The van der Waals surface area contributed by atoms with Gasteiger partial charge in [0.15, 0.2) is 11.5 Å². The molecule has 29 heavy (non-hydrogen) atoms. The van der Waals surface area contributed by atoms with Gasteiger partial charge in [0.25, 0.3) is 6.43 Å². The summed E-state index contributed by atoms with van der Waals surface area (Å²) in [6.45, 7) is 6.53. The van der Waals surface area contributed by atoms with Gasteiger partial charge in [0.05, 0.1) is 12.4 Å². The molecule has 1 N–H and O–H groups in total. The zero-order valence-electron chi connectivity index (χ0n) is 16.5. The number of amides is 1. The molecule has 0 aliphatic carbocycles. The summed E-state index contributed by atoms with van der Waals surface area (Å²) < 4.78 is 32.2. The van der Waals surface area contributed by atoms with Crippen LogP contribution in [0.2, 0.25) is 0 Å². The van der Waals surface area contributed by atoms with E-state index in [0.717, 1.165) is 16.0 Å². The molecule has 4 heterocycles. The first-order valence-electron chi connectivity index (χ1n) is 9.40. The SMILES string of the molecule is CC(C)(C)OC(=O)N1CCC2=C(CNN2c2cnc3cnn(CC(F)F)c3n2)C1. The van der Waals surface area contributed by atoms with E-state index in [4.69, 9.17) is 4.74 Å². The first kappa shape index (κ1) is 19.5. The van der Waals surface area contributed by atoms with Crippen molar-refractivity contribution in [3.8, 4) is 0 Å². The van der Waals surface area contributed by atoms with Gasteiger partial charge in [-0.05, 0) is 26.3 Å². The second-order valence-corrected chi connectivity index (χ2v) is 8.03. The monoisotopic (exact) mass is 407 g/mol. The Morgan fingerprint density at radius 3 is 2.86 bits per heavy atom. The number of alkyl halides is 2. The lowest BCUT2D eigenvalue weighted by molar-refractivity contribution is 0.0260. The van der Waals surface area contributed by atoms with Gasteiger partial charge in [-0.25, -0.2) is 33.7 Å². The van der Waals surface area contributed by atoms with E-state index in [2.05, 4.69) is 20.5 Å². The fraction of sp³-hybridized carbons (Fsp3) is 0.556. The van der Waals surface area contributed by atoms with Crippen LogP contribution in [0.25, 0.3) is 11.2 Å². The minimum Gasteiger partial charge on any atom is -0.444 e. The third-order valence-corrected chi connectivity index (χ3v) is 4.65. The van der Waals surface area contributed by atoms with Gasteiger partial charge in [0, 0.05) is 31.8 Å². The third kappa shape index (κ3) is 4.00. The molecule has 0 radical (unpaired) electrons. The molecule has 156 valence electrons. The Morgan fingerprint density at radius 2 is 2.14 bits per heavy atom. The molecule has 11 heteroatoms. The number of fused-ring (bicyclic) bond motifs is 1. The van der Waals surface area contributed by atoms with Crippen LogP contribution < -0.4 is 10.4 Å².